The predicted octanol–water partition coefficient (Wildman–Crippen LogP) is 10.5. The molecule has 2 nitrogen and oxygen atoms in total. The van der Waals surface area contributed by atoms with Gasteiger partial charge in [-0.3, -0.25) is 0 Å². The molecule has 2 heterocycles. The highest BCUT2D eigenvalue weighted by Crippen LogP contribution is 2.44. The fraction of sp³-hybridized carbons (Fsp3) is 0. The molecule has 0 spiro atoms. The third kappa shape index (κ3) is 3.50. The third-order valence-electron chi connectivity index (χ3n) is 7.83. The molecule has 8 rings (SSSR count). The summed E-state index contributed by atoms with van der Waals surface area (Å²) in [5, 5.41) is 4.65. The zero-order chi connectivity index (χ0) is 26.5. The van der Waals surface area contributed by atoms with Crippen LogP contribution in [0.1, 0.15) is 0 Å². The van der Waals surface area contributed by atoms with Crippen molar-refractivity contribution in [2.24, 2.45) is 0 Å². The van der Waals surface area contributed by atoms with Crippen LogP contribution in [0.3, 0.4) is 0 Å². The van der Waals surface area contributed by atoms with Crippen LogP contribution in [-0.2, 0) is 0 Å². The lowest BCUT2D eigenvalue weighted by atomic mass is 10.00. The summed E-state index contributed by atoms with van der Waals surface area (Å²) < 4.78 is 9.20. The van der Waals surface area contributed by atoms with Crippen molar-refractivity contribution in [1.29, 1.82) is 0 Å². The molecule has 6 aromatic carbocycles. The smallest absolute Gasteiger partial charge is 0.143 e. The molecular formula is C38H25NO. The van der Waals surface area contributed by atoms with Crippen molar-refractivity contribution >= 4 is 32.6 Å². The van der Waals surface area contributed by atoms with Gasteiger partial charge in [0.1, 0.15) is 11.5 Å². The average Bonchev–Trinajstić information content (AvgIpc) is 3.59. The molecule has 0 radical (unpaired) electrons. The van der Waals surface area contributed by atoms with E-state index in [2.05, 4.69) is 150 Å². The Morgan fingerprint density at radius 1 is 0.375 bits per heavy atom. The highest BCUT2D eigenvalue weighted by molar-refractivity contribution is 6.18. The fourth-order valence-corrected chi connectivity index (χ4v) is 6.01. The zero-order valence-electron chi connectivity index (χ0n) is 21.8. The minimum Gasteiger partial charge on any atom is -0.455 e. The van der Waals surface area contributed by atoms with Gasteiger partial charge in [0.2, 0.25) is 0 Å². The highest BCUT2D eigenvalue weighted by atomic mass is 16.3. The molecule has 40 heavy (non-hydrogen) atoms. The summed E-state index contributed by atoms with van der Waals surface area (Å²) in [7, 11) is 0. The van der Waals surface area contributed by atoms with Gasteiger partial charge in [0, 0.05) is 38.4 Å². The third-order valence-corrected chi connectivity index (χ3v) is 7.83. The molecule has 0 bridgehead atoms. The Morgan fingerprint density at radius 2 is 0.925 bits per heavy atom. The zero-order valence-corrected chi connectivity index (χ0v) is 21.8. The van der Waals surface area contributed by atoms with Crippen LogP contribution in [0.25, 0.3) is 72.0 Å². The van der Waals surface area contributed by atoms with Gasteiger partial charge in [-0.05, 0) is 35.4 Å². The maximum Gasteiger partial charge on any atom is 0.143 e. The van der Waals surface area contributed by atoms with Gasteiger partial charge in [0.25, 0.3) is 0 Å². The lowest BCUT2D eigenvalue weighted by Gasteiger charge is -2.08. The molecule has 0 unspecified atom stereocenters. The number of nitrogens with zero attached hydrogens (tertiary/aromatic N) is 1. The summed E-state index contributed by atoms with van der Waals surface area (Å²) in [5.41, 5.74) is 8.07. The number of aromatic nitrogens is 1. The van der Waals surface area contributed by atoms with E-state index in [-0.39, 0.29) is 0 Å². The topological polar surface area (TPSA) is 18.1 Å². The normalized spacial score (nSPS) is 11.5. The Bertz CT molecular complexity index is 2130. The van der Waals surface area contributed by atoms with Crippen LogP contribution in [0.4, 0.5) is 0 Å². The van der Waals surface area contributed by atoms with Gasteiger partial charge in [-0.15, -0.1) is 0 Å². The molecule has 2 aromatic heterocycles. The Morgan fingerprint density at radius 3 is 1.68 bits per heavy atom. The second-order valence-electron chi connectivity index (χ2n) is 10.1. The highest BCUT2D eigenvalue weighted by Gasteiger charge is 2.21. The van der Waals surface area contributed by atoms with Crippen LogP contribution >= 0.6 is 0 Å². The number of para-hydroxylation sites is 2. The van der Waals surface area contributed by atoms with Crippen molar-refractivity contribution in [3.8, 4) is 39.5 Å². The van der Waals surface area contributed by atoms with Crippen molar-refractivity contribution in [2.75, 3.05) is 0 Å². The van der Waals surface area contributed by atoms with E-state index in [9.17, 15) is 0 Å². The van der Waals surface area contributed by atoms with E-state index in [1.807, 2.05) is 6.07 Å². The number of hydrogen-bond donors (Lipinski definition) is 0. The Kier molecular flexibility index (Phi) is 5.17. The first-order valence-corrected chi connectivity index (χ1v) is 13.6. The van der Waals surface area contributed by atoms with E-state index in [1.165, 1.54) is 32.9 Å². The summed E-state index contributed by atoms with van der Waals surface area (Å²) in [6, 6.07) is 53.4. The van der Waals surface area contributed by atoms with Gasteiger partial charge in [-0.25, -0.2) is 0 Å². The number of furan rings is 1. The Balaban J connectivity index is 1.36. The standard InChI is InChI=1S/C38H25NO/c1-3-12-26(13-4-1)27-22-24-28(25-23-27)37-30-16-7-8-17-31(30)38(40-37)33-19-11-21-35-36(33)32-18-9-10-20-34(32)39(35)29-14-5-2-6-15-29/h1-25H. The minimum atomic E-state index is 0.897. The van der Waals surface area contributed by atoms with Crippen molar-refractivity contribution in [2.45, 2.75) is 0 Å². The molecule has 188 valence electrons. The van der Waals surface area contributed by atoms with E-state index in [4.69, 9.17) is 4.42 Å². The maximum absolute atomic E-state index is 6.85. The van der Waals surface area contributed by atoms with E-state index < -0.39 is 0 Å². The van der Waals surface area contributed by atoms with E-state index in [1.54, 1.807) is 0 Å². The summed E-state index contributed by atoms with van der Waals surface area (Å²) in [5.74, 6) is 1.80. The van der Waals surface area contributed by atoms with Crippen LogP contribution in [0.15, 0.2) is 156 Å². The largest absolute Gasteiger partial charge is 0.455 e. The SMILES string of the molecule is c1ccc(-c2ccc(-c3oc(-c4cccc5c4c4ccccc4n5-c4ccccc4)c4ccccc34)cc2)cc1. The molecule has 0 saturated carbocycles. The first kappa shape index (κ1) is 22.6. The maximum atomic E-state index is 6.85. The molecular weight excluding hydrogens is 486 g/mol. The number of benzene rings is 6. The summed E-state index contributed by atoms with van der Waals surface area (Å²) in [6.45, 7) is 0. The quantitative estimate of drug-likeness (QED) is 0.230. The summed E-state index contributed by atoms with van der Waals surface area (Å²) >= 11 is 0. The molecule has 0 aliphatic rings. The van der Waals surface area contributed by atoms with Gasteiger partial charge in [-0.2, -0.15) is 0 Å². The monoisotopic (exact) mass is 511 g/mol. The lowest BCUT2D eigenvalue weighted by Crippen LogP contribution is -1.92. The van der Waals surface area contributed by atoms with Crippen LogP contribution in [-0.4, -0.2) is 4.57 Å². The van der Waals surface area contributed by atoms with Crippen LogP contribution in [0.2, 0.25) is 0 Å². The molecule has 0 aliphatic heterocycles. The summed E-state index contributed by atoms with van der Waals surface area (Å²) in [4.78, 5) is 0. The van der Waals surface area contributed by atoms with Gasteiger partial charge in [0.05, 0.1) is 11.0 Å². The minimum absolute atomic E-state index is 0.897. The predicted molar refractivity (Wildman–Crippen MR) is 167 cm³/mol. The molecule has 0 fully saturated rings. The van der Waals surface area contributed by atoms with Crippen LogP contribution in [0, 0.1) is 0 Å². The number of rotatable bonds is 4. The van der Waals surface area contributed by atoms with Gasteiger partial charge in [0.15, 0.2) is 0 Å². The first-order valence-electron chi connectivity index (χ1n) is 13.6. The second-order valence-corrected chi connectivity index (χ2v) is 10.1. The average molecular weight is 512 g/mol. The van der Waals surface area contributed by atoms with Crippen LogP contribution < -0.4 is 0 Å². The Hall–Kier alpha value is -5.34. The van der Waals surface area contributed by atoms with E-state index in [0.717, 1.165) is 39.1 Å². The van der Waals surface area contributed by atoms with E-state index >= 15 is 0 Å². The van der Waals surface area contributed by atoms with Crippen molar-refractivity contribution in [3.63, 3.8) is 0 Å². The molecule has 0 amide bonds. The molecule has 0 N–H and O–H groups in total. The van der Waals surface area contributed by atoms with Crippen molar-refractivity contribution in [1.82, 2.24) is 4.57 Å². The summed E-state index contributed by atoms with van der Waals surface area (Å²) in [6.07, 6.45) is 0. The Labute approximate surface area is 232 Å². The first-order chi connectivity index (χ1) is 19.9. The number of hydrogen-bond acceptors (Lipinski definition) is 1. The molecule has 0 atom stereocenters. The van der Waals surface area contributed by atoms with Gasteiger partial charge < -0.3 is 8.98 Å². The van der Waals surface area contributed by atoms with Crippen LogP contribution in [0.5, 0.6) is 0 Å². The molecule has 8 aromatic rings. The van der Waals surface area contributed by atoms with Crippen molar-refractivity contribution in [3.05, 3.63) is 152 Å². The second kappa shape index (κ2) is 9.14. The molecule has 2 heteroatoms. The van der Waals surface area contributed by atoms with Gasteiger partial charge in [-0.1, -0.05) is 127 Å². The van der Waals surface area contributed by atoms with Crippen molar-refractivity contribution < 1.29 is 4.42 Å². The van der Waals surface area contributed by atoms with Gasteiger partial charge >= 0.3 is 0 Å². The van der Waals surface area contributed by atoms with E-state index in [0.29, 0.717) is 0 Å². The fourth-order valence-electron chi connectivity index (χ4n) is 6.01. The molecule has 0 saturated heterocycles. The lowest BCUT2D eigenvalue weighted by molar-refractivity contribution is 0.602. The number of fused-ring (bicyclic) bond motifs is 4. The molecule has 0 aliphatic carbocycles.